The zero-order valence-electron chi connectivity index (χ0n) is 7.03. The van der Waals surface area contributed by atoms with Crippen molar-refractivity contribution in [3.63, 3.8) is 0 Å². The Morgan fingerprint density at radius 1 is 1.36 bits per heavy atom. The molecule has 1 nitrogen and oxygen atoms in total. The maximum absolute atomic E-state index is 9.59. The van der Waals surface area contributed by atoms with Gasteiger partial charge in [0.05, 0.1) is 6.10 Å². The standard InChI is InChI=1S/C10H16O/c1-7-3-2-4-9-8(7)5-6-10(9)11/h2,4,7-11H,3,5-6H2,1H3. The van der Waals surface area contributed by atoms with Crippen LogP contribution < -0.4 is 0 Å². The van der Waals surface area contributed by atoms with Gasteiger partial charge in [0, 0.05) is 5.92 Å². The fourth-order valence-electron chi connectivity index (χ4n) is 2.59. The molecule has 0 aromatic heterocycles. The van der Waals surface area contributed by atoms with Crippen LogP contribution in [0.3, 0.4) is 0 Å². The Morgan fingerprint density at radius 2 is 2.18 bits per heavy atom. The molecule has 0 saturated heterocycles. The van der Waals surface area contributed by atoms with Gasteiger partial charge < -0.3 is 5.11 Å². The van der Waals surface area contributed by atoms with Crippen molar-refractivity contribution in [2.24, 2.45) is 17.8 Å². The summed E-state index contributed by atoms with van der Waals surface area (Å²) < 4.78 is 0. The summed E-state index contributed by atoms with van der Waals surface area (Å²) in [7, 11) is 0. The fraction of sp³-hybridized carbons (Fsp3) is 0.800. The van der Waals surface area contributed by atoms with Crippen molar-refractivity contribution in [2.45, 2.75) is 32.3 Å². The molecule has 0 radical (unpaired) electrons. The van der Waals surface area contributed by atoms with E-state index in [-0.39, 0.29) is 6.10 Å². The summed E-state index contributed by atoms with van der Waals surface area (Å²) in [5.41, 5.74) is 0. The Balaban J connectivity index is 2.17. The molecule has 1 fully saturated rings. The van der Waals surface area contributed by atoms with Gasteiger partial charge in [-0.1, -0.05) is 19.1 Å². The van der Waals surface area contributed by atoms with E-state index in [2.05, 4.69) is 19.1 Å². The van der Waals surface area contributed by atoms with Crippen LogP contribution in [0, 0.1) is 17.8 Å². The van der Waals surface area contributed by atoms with Gasteiger partial charge in [-0.25, -0.2) is 0 Å². The molecule has 2 aliphatic carbocycles. The lowest BCUT2D eigenvalue weighted by atomic mass is 9.78. The molecule has 0 aromatic carbocycles. The van der Waals surface area contributed by atoms with Gasteiger partial charge in [-0.3, -0.25) is 0 Å². The van der Waals surface area contributed by atoms with Gasteiger partial charge >= 0.3 is 0 Å². The normalized spacial score (nSPS) is 49.3. The Kier molecular flexibility index (Phi) is 1.76. The molecule has 2 aliphatic rings. The highest BCUT2D eigenvalue weighted by Gasteiger charge is 2.37. The van der Waals surface area contributed by atoms with E-state index < -0.39 is 0 Å². The van der Waals surface area contributed by atoms with Crippen molar-refractivity contribution in [2.75, 3.05) is 0 Å². The molecule has 0 bridgehead atoms. The van der Waals surface area contributed by atoms with Crippen LogP contribution in [-0.4, -0.2) is 11.2 Å². The van der Waals surface area contributed by atoms with Crippen LogP contribution >= 0.6 is 0 Å². The lowest BCUT2D eigenvalue weighted by Gasteiger charge is -2.28. The highest BCUT2D eigenvalue weighted by Crippen LogP contribution is 2.41. The van der Waals surface area contributed by atoms with Crippen LogP contribution in [0.2, 0.25) is 0 Å². The molecule has 1 heteroatoms. The van der Waals surface area contributed by atoms with E-state index in [1.807, 2.05) is 0 Å². The van der Waals surface area contributed by atoms with Crippen LogP contribution in [-0.2, 0) is 0 Å². The Hall–Kier alpha value is -0.300. The molecule has 0 heterocycles. The molecule has 62 valence electrons. The van der Waals surface area contributed by atoms with Gasteiger partial charge in [-0.2, -0.15) is 0 Å². The average Bonchev–Trinajstić information content (AvgIpc) is 2.35. The SMILES string of the molecule is CC1CC=CC2C(O)CCC12. The number of hydrogen-bond acceptors (Lipinski definition) is 1. The Bertz CT molecular complexity index is 174. The highest BCUT2D eigenvalue weighted by atomic mass is 16.3. The summed E-state index contributed by atoms with van der Waals surface area (Å²) >= 11 is 0. The number of fused-ring (bicyclic) bond motifs is 1. The van der Waals surface area contributed by atoms with E-state index in [0.717, 1.165) is 18.3 Å². The van der Waals surface area contributed by atoms with Crippen LogP contribution in [0.25, 0.3) is 0 Å². The molecule has 1 saturated carbocycles. The Labute approximate surface area is 68.1 Å². The van der Waals surface area contributed by atoms with E-state index in [4.69, 9.17) is 0 Å². The monoisotopic (exact) mass is 152 g/mol. The van der Waals surface area contributed by atoms with Crippen molar-refractivity contribution in [3.05, 3.63) is 12.2 Å². The molecule has 0 aliphatic heterocycles. The van der Waals surface area contributed by atoms with Crippen molar-refractivity contribution < 1.29 is 5.11 Å². The van der Waals surface area contributed by atoms with Crippen molar-refractivity contribution >= 4 is 0 Å². The van der Waals surface area contributed by atoms with Crippen LogP contribution in [0.1, 0.15) is 26.2 Å². The lowest BCUT2D eigenvalue weighted by molar-refractivity contribution is 0.127. The zero-order chi connectivity index (χ0) is 7.84. The average molecular weight is 152 g/mol. The zero-order valence-corrected chi connectivity index (χ0v) is 7.03. The van der Waals surface area contributed by atoms with E-state index in [0.29, 0.717) is 5.92 Å². The largest absolute Gasteiger partial charge is 0.393 e. The third kappa shape index (κ3) is 1.12. The molecule has 4 unspecified atom stereocenters. The van der Waals surface area contributed by atoms with Crippen molar-refractivity contribution in [1.82, 2.24) is 0 Å². The van der Waals surface area contributed by atoms with Gasteiger partial charge in [-0.15, -0.1) is 0 Å². The fourth-order valence-corrected chi connectivity index (χ4v) is 2.59. The van der Waals surface area contributed by atoms with Gasteiger partial charge in [0.1, 0.15) is 0 Å². The van der Waals surface area contributed by atoms with E-state index >= 15 is 0 Å². The molecule has 0 aromatic rings. The third-order valence-corrected chi connectivity index (χ3v) is 3.33. The van der Waals surface area contributed by atoms with E-state index in [1.54, 1.807) is 0 Å². The van der Waals surface area contributed by atoms with Gasteiger partial charge in [-0.05, 0) is 31.1 Å². The topological polar surface area (TPSA) is 20.2 Å². The number of aliphatic hydroxyl groups is 1. The summed E-state index contributed by atoms with van der Waals surface area (Å²) in [5.74, 6) is 2.05. The minimum absolute atomic E-state index is 0.0426. The lowest BCUT2D eigenvalue weighted by Crippen LogP contribution is -2.24. The molecule has 0 spiro atoms. The minimum atomic E-state index is -0.0426. The van der Waals surface area contributed by atoms with Crippen LogP contribution in [0.5, 0.6) is 0 Å². The minimum Gasteiger partial charge on any atom is -0.393 e. The maximum Gasteiger partial charge on any atom is 0.0605 e. The first-order chi connectivity index (χ1) is 5.29. The van der Waals surface area contributed by atoms with Crippen LogP contribution in [0.4, 0.5) is 0 Å². The van der Waals surface area contributed by atoms with Gasteiger partial charge in [0.2, 0.25) is 0 Å². The molecule has 0 amide bonds. The maximum atomic E-state index is 9.59. The number of rotatable bonds is 0. The van der Waals surface area contributed by atoms with Gasteiger partial charge in [0.25, 0.3) is 0 Å². The summed E-state index contributed by atoms with van der Waals surface area (Å²) in [6, 6.07) is 0. The molecule has 11 heavy (non-hydrogen) atoms. The Morgan fingerprint density at radius 3 is 2.91 bits per heavy atom. The number of hydrogen-bond donors (Lipinski definition) is 1. The quantitative estimate of drug-likeness (QED) is 0.526. The summed E-state index contributed by atoms with van der Waals surface area (Å²) in [6.45, 7) is 2.30. The summed E-state index contributed by atoms with van der Waals surface area (Å²) in [5, 5.41) is 9.59. The van der Waals surface area contributed by atoms with Crippen molar-refractivity contribution in [1.29, 1.82) is 0 Å². The van der Waals surface area contributed by atoms with E-state index in [9.17, 15) is 5.11 Å². The second kappa shape index (κ2) is 2.63. The number of aliphatic hydroxyl groups excluding tert-OH is 1. The second-order valence-corrected chi connectivity index (χ2v) is 4.03. The molecule has 4 atom stereocenters. The molecular formula is C10H16O. The van der Waals surface area contributed by atoms with E-state index in [1.165, 1.54) is 12.8 Å². The third-order valence-electron chi connectivity index (χ3n) is 3.33. The predicted molar refractivity (Wildman–Crippen MR) is 45.1 cm³/mol. The number of allylic oxidation sites excluding steroid dienone is 1. The second-order valence-electron chi connectivity index (χ2n) is 4.03. The van der Waals surface area contributed by atoms with Crippen molar-refractivity contribution in [3.8, 4) is 0 Å². The highest BCUT2D eigenvalue weighted by molar-refractivity contribution is 5.05. The predicted octanol–water partition coefficient (Wildman–Crippen LogP) is 1.97. The first kappa shape index (κ1) is 7.35. The molecule has 2 rings (SSSR count). The summed E-state index contributed by atoms with van der Waals surface area (Å²) in [6.07, 6.45) is 7.89. The first-order valence-corrected chi connectivity index (χ1v) is 4.64. The summed E-state index contributed by atoms with van der Waals surface area (Å²) in [4.78, 5) is 0. The van der Waals surface area contributed by atoms with Gasteiger partial charge in [0.15, 0.2) is 0 Å². The smallest absolute Gasteiger partial charge is 0.0605 e. The molecular weight excluding hydrogens is 136 g/mol. The first-order valence-electron chi connectivity index (χ1n) is 4.64. The van der Waals surface area contributed by atoms with Crippen LogP contribution in [0.15, 0.2) is 12.2 Å². The molecule has 1 N–H and O–H groups in total.